The summed E-state index contributed by atoms with van der Waals surface area (Å²) < 4.78 is 0. The van der Waals surface area contributed by atoms with Crippen LogP contribution >= 0.6 is 0 Å². The first-order valence-electron chi connectivity index (χ1n) is 5.24. The minimum absolute atomic E-state index is 0.0942. The van der Waals surface area contributed by atoms with Crippen LogP contribution in [0.25, 0.3) is 0 Å². The molecule has 1 heterocycles. The molecule has 4 heteroatoms. The van der Waals surface area contributed by atoms with Crippen molar-refractivity contribution in [2.45, 2.75) is 12.8 Å². The minimum Gasteiger partial charge on any atom is -0.331 e. The maximum atomic E-state index is 11.4. The number of urea groups is 1. The van der Waals surface area contributed by atoms with E-state index in [1.54, 1.807) is 23.9 Å². The second-order valence-corrected chi connectivity index (χ2v) is 4.27. The summed E-state index contributed by atoms with van der Waals surface area (Å²) in [5.41, 5.74) is 0. The number of hydrogen-bond donors (Lipinski definition) is 1. The van der Waals surface area contributed by atoms with Crippen molar-refractivity contribution in [2.75, 3.05) is 40.8 Å². The summed E-state index contributed by atoms with van der Waals surface area (Å²) in [6, 6.07) is 0.0942. The average Bonchev–Trinajstić information content (AvgIpc) is 2.07. The fourth-order valence-corrected chi connectivity index (χ4v) is 1.61. The number of carbonyl (C=O) groups excluding carboxylic acids is 1. The Morgan fingerprint density at radius 2 is 2.00 bits per heavy atom. The van der Waals surface area contributed by atoms with Crippen LogP contribution in [0.3, 0.4) is 0 Å². The van der Waals surface area contributed by atoms with Gasteiger partial charge in [0, 0.05) is 27.7 Å². The van der Waals surface area contributed by atoms with Crippen LogP contribution in [0, 0.1) is 5.92 Å². The lowest BCUT2D eigenvalue weighted by atomic mass is 9.97. The van der Waals surface area contributed by atoms with Gasteiger partial charge in [0.25, 0.3) is 0 Å². The van der Waals surface area contributed by atoms with Gasteiger partial charge in [0.15, 0.2) is 0 Å². The molecule has 0 unspecified atom stereocenters. The molecule has 2 amide bonds. The van der Waals surface area contributed by atoms with Crippen LogP contribution in [0.2, 0.25) is 0 Å². The molecular weight excluding hydrogens is 178 g/mol. The molecule has 0 aliphatic carbocycles. The molecule has 1 saturated heterocycles. The van der Waals surface area contributed by atoms with Gasteiger partial charge >= 0.3 is 6.03 Å². The normalized spacial score (nSPS) is 16.2. The standard InChI is InChI=1S/C10H21N3O/c1-12(2)10(14)13(3)6-4-5-9-7-11-8-9/h9,11H,4-8H2,1-3H3. The zero-order chi connectivity index (χ0) is 10.6. The van der Waals surface area contributed by atoms with Gasteiger partial charge in [-0.1, -0.05) is 0 Å². The largest absolute Gasteiger partial charge is 0.331 e. The molecule has 0 aromatic heterocycles. The third kappa shape index (κ3) is 3.18. The highest BCUT2D eigenvalue weighted by Crippen LogP contribution is 2.11. The van der Waals surface area contributed by atoms with Gasteiger partial charge in [-0.15, -0.1) is 0 Å². The van der Waals surface area contributed by atoms with Crippen LogP contribution < -0.4 is 5.32 Å². The Bertz CT molecular complexity index is 190. The molecule has 4 nitrogen and oxygen atoms in total. The molecule has 1 rings (SSSR count). The van der Waals surface area contributed by atoms with Gasteiger partial charge in [0.05, 0.1) is 0 Å². The highest BCUT2D eigenvalue weighted by atomic mass is 16.2. The maximum Gasteiger partial charge on any atom is 0.319 e. The van der Waals surface area contributed by atoms with E-state index in [1.165, 1.54) is 6.42 Å². The Labute approximate surface area is 86.2 Å². The Balaban J connectivity index is 2.07. The molecule has 1 aliphatic heterocycles. The summed E-state index contributed by atoms with van der Waals surface area (Å²) in [6.45, 7) is 3.18. The minimum atomic E-state index is 0.0942. The van der Waals surface area contributed by atoms with Crippen molar-refractivity contribution in [2.24, 2.45) is 5.92 Å². The zero-order valence-electron chi connectivity index (χ0n) is 9.42. The van der Waals surface area contributed by atoms with Crippen LogP contribution in [0.4, 0.5) is 4.79 Å². The van der Waals surface area contributed by atoms with Crippen molar-refractivity contribution < 1.29 is 4.79 Å². The van der Waals surface area contributed by atoms with E-state index in [1.807, 2.05) is 7.05 Å². The van der Waals surface area contributed by atoms with E-state index in [4.69, 9.17) is 0 Å². The predicted octanol–water partition coefficient (Wildman–Crippen LogP) is 0.599. The van der Waals surface area contributed by atoms with E-state index in [-0.39, 0.29) is 6.03 Å². The zero-order valence-corrected chi connectivity index (χ0v) is 9.42. The summed E-state index contributed by atoms with van der Waals surface area (Å²) >= 11 is 0. The summed E-state index contributed by atoms with van der Waals surface area (Å²) in [4.78, 5) is 14.8. The first kappa shape index (κ1) is 11.3. The molecule has 1 fully saturated rings. The van der Waals surface area contributed by atoms with Gasteiger partial charge in [0.1, 0.15) is 0 Å². The van der Waals surface area contributed by atoms with Crippen molar-refractivity contribution in [3.8, 4) is 0 Å². The number of carbonyl (C=O) groups is 1. The fraction of sp³-hybridized carbons (Fsp3) is 0.900. The van der Waals surface area contributed by atoms with Gasteiger partial charge in [-0.05, 0) is 31.8 Å². The summed E-state index contributed by atoms with van der Waals surface area (Å²) in [5, 5.41) is 3.25. The SMILES string of the molecule is CN(C)C(=O)N(C)CCCC1CNC1. The lowest BCUT2D eigenvalue weighted by Gasteiger charge is -2.28. The second kappa shape index (κ2) is 5.20. The number of nitrogens with zero attached hydrogens (tertiary/aromatic N) is 2. The second-order valence-electron chi connectivity index (χ2n) is 4.27. The van der Waals surface area contributed by atoms with E-state index >= 15 is 0 Å². The van der Waals surface area contributed by atoms with E-state index < -0.39 is 0 Å². The third-order valence-electron chi connectivity index (χ3n) is 2.68. The van der Waals surface area contributed by atoms with E-state index in [2.05, 4.69) is 5.32 Å². The van der Waals surface area contributed by atoms with Crippen molar-refractivity contribution in [1.82, 2.24) is 15.1 Å². The first-order valence-corrected chi connectivity index (χ1v) is 5.24. The van der Waals surface area contributed by atoms with E-state index in [0.717, 1.165) is 32.0 Å². The van der Waals surface area contributed by atoms with Gasteiger partial charge in [-0.3, -0.25) is 0 Å². The summed E-state index contributed by atoms with van der Waals surface area (Å²) in [6.07, 6.45) is 2.35. The molecule has 82 valence electrons. The molecule has 1 aliphatic rings. The molecule has 0 radical (unpaired) electrons. The fourth-order valence-electron chi connectivity index (χ4n) is 1.61. The van der Waals surface area contributed by atoms with E-state index in [0.29, 0.717) is 0 Å². The Kier molecular flexibility index (Phi) is 4.20. The molecule has 0 spiro atoms. The lowest BCUT2D eigenvalue weighted by Crippen LogP contribution is -2.42. The Morgan fingerprint density at radius 1 is 1.36 bits per heavy atom. The molecular formula is C10H21N3O. The highest BCUT2D eigenvalue weighted by Gasteiger charge is 2.17. The molecule has 0 atom stereocenters. The maximum absolute atomic E-state index is 11.4. The van der Waals surface area contributed by atoms with Gasteiger partial charge in [-0.2, -0.15) is 0 Å². The number of nitrogens with one attached hydrogen (secondary N) is 1. The first-order chi connectivity index (χ1) is 6.61. The van der Waals surface area contributed by atoms with Crippen molar-refractivity contribution in [1.29, 1.82) is 0 Å². The molecule has 0 saturated carbocycles. The molecule has 0 aromatic carbocycles. The Morgan fingerprint density at radius 3 is 2.43 bits per heavy atom. The lowest BCUT2D eigenvalue weighted by molar-refractivity contribution is 0.179. The van der Waals surface area contributed by atoms with E-state index in [9.17, 15) is 4.79 Å². The van der Waals surface area contributed by atoms with Crippen LogP contribution in [-0.2, 0) is 0 Å². The molecule has 14 heavy (non-hydrogen) atoms. The highest BCUT2D eigenvalue weighted by molar-refractivity contribution is 5.73. The topological polar surface area (TPSA) is 35.6 Å². The molecule has 0 bridgehead atoms. The van der Waals surface area contributed by atoms with Gasteiger partial charge < -0.3 is 15.1 Å². The van der Waals surface area contributed by atoms with Crippen molar-refractivity contribution >= 4 is 6.03 Å². The summed E-state index contributed by atoms with van der Waals surface area (Å²) in [5.74, 6) is 0.845. The van der Waals surface area contributed by atoms with Crippen molar-refractivity contribution in [3.05, 3.63) is 0 Å². The number of hydrogen-bond acceptors (Lipinski definition) is 2. The number of amides is 2. The van der Waals surface area contributed by atoms with Crippen LogP contribution in [0.1, 0.15) is 12.8 Å². The Hall–Kier alpha value is -0.770. The van der Waals surface area contributed by atoms with Crippen LogP contribution in [0.15, 0.2) is 0 Å². The monoisotopic (exact) mass is 199 g/mol. The van der Waals surface area contributed by atoms with Crippen LogP contribution in [-0.4, -0.2) is 56.6 Å². The third-order valence-corrected chi connectivity index (χ3v) is 2.68. The quantitative estimate of drug-likeness (QED) is 0.719. The van der Waals surface area contributed by atoms with Gasteiger partial charge in [-0.25, -0.2) is 4.79 Å². The van der Waals surface area contributed by atoms with Gasteiger partial charge in [0.2, 0.25) is 0 Å². The molecule has 0 aromatic rings. The average molecular weight is 199 g/mol. The molecule has 1 N–H and O–H groups in total. The van der Waals surface area contributed by atoms with Crippen molar-refractivity contribution in [3.63, 3.8) is 0 Å². The number of rotatable bonds is 4. The van der Waals surface area contributed by atoms with Crippen LogP contribution in [0.5, 0.6) is 0 Å². The smallest absolute Gasteiger partial charge is 0.319 e. The summed E-state index contributed by atoms with van der Waals surface area (Å²) in [7, 11) is 5.44. The predicted molar refractivity (Wildman–Crippen MR) is 57.3 cm³/mol.